The highest BCUT2D eigenvalue weighted by Crippen LogP contribution is 2.17. The summed E-state index contributed by atoms with van der Waals surface area (Å²) in [6, 6.07) is 0. The van der Waals surface area contributed by atoms with Gasteiger partial charge in [-0.15, -0.1) is 0 Å². The summed E-state index contributed by atoms with van der Waals surface area (Å²) in [6.07, 6.45) is 1.27. The maximum Gasteiger partial charge on any atom is 0.138 e. The first-order chi connectivity index (χ1) is 7.83. The maximum atomic E-state index is 10.6. The largest absolute Gasteiger partial charge is 0.382 e. The Morgan fingerprint density at radius 1 is 1.00 bits per heavy atom. The minimum Gasteiger partial charge on any atom is -0.382 e. The Morgan fingerprint density at radius 2 is 1.56 bits per heavy atom. The first-order valence-corrected chi connectivity index (χ1v) is 5.60. The molecule has 0 N–H and O–H groups in total. The lowest BCUT2D eigenvalue weighted by atomic mass is 9.94. The number of methoxy groups -OCH3 is 1. The Hall–Kier alpha value is -0.490. The van der Waals surface area contributed by atoms with Crippen LogP contribution in [0.2, 0.25) is 0 Å². The zero-order valence-electron chi connectivity index (χ0n) is 9.78. The molecule has 16 heavy (non-hydrogen) atoms. The Kier molecular flexibility index (Phi) is 7.33. The molecule has 5 heteroatoms. The second-order valence-electron chi connectivity index (χ2n) is 3.66. The van der Waals surface area contributed by atoms with E-state index in [0.717, 1.165) is 0 Å². The van der Waals surface area contributed by atoms with Crippen molar-refractivity contribution in [1.29, 1.82) is 0 Å². The maximum absolute atomic E-state index is 10.6. The van der Waals surface area contributed by atoms with Crippen LogP contribution in [0.15, 0.2) is 0 Å². The summed E-state index contributed by atoms with van der Waals surface area (Å²) in [4.78, 5) is 10.6. The molecular weight excluding hydrogens is 212 g/mol. The van der Waals surface area contributed by atoms with Gasteiger partial charge in [0.1, 0.15) is 5.78 Å². The van der Waals surface area contributed by atoms with Gasteiger partial charge in [-0.2, -0.15) is 0 Å². The number of ketones is 1. The number of carbonyl (C=O) groups is 1. The van der Waals surface area contributed by atoms with Gasteiger partial charge in [-0.25, -0.2) is 0 Å². The number of carbonyl (C=O) groups excluding carboxylic acids is 1. The van der Waals surface area contributed by atoms with Crippen molar-refractivity contribution in [2.75, 3.05) is 46.8 Å². The molecule has 0 bridgehead atoms. The Morgan fingerprint density at radius 3 is 2.12 bits per heavy atom. The molecule has 1 fully saturated rings. The van der Waals surface area contributed by atoms with Gasteiger partial charge in [0.25, 0.3) is 0 Å². The molecular formula is C11H20O5. The quantitative estimate of drug-likeness (QED) is 0.511. The van der Waals surface area contributed by atoms with E-state index < -0.39 is 0 Å². The average molecular weight is 232 g/mol. The molecule has 0 spiro atoms. The van der Waals surface area contributed by atoms with Crippen molar-refractivity contribution in [3.63, 3.8) is 0 Å². The summed E-state index contributed by atoms with van der Waals surface area (Å²) in [5.74, 6) is 0.289. The molecule has 0 atom stereocenters. The highest BCUT2D eigenvalue weighted by Gasteiger charge is 2.26. The molecule has 0 aliphatic heterocycles. The number of ether oxygens (including phenoxy) is 4. The highest BCUT2D eigenvalue weighted by atomic mass is 16.6. The topological polar surface area (TPSA) is 54.0 Å². The summed E-state index contributed by atoms with van der Waals surface area (Å²) in [5, 5.41) is 0. The fourth-order valence-corrected chi connectivity index (χ4v) is 1.30. The van der Waals surface area contributed by atoms with E-state index in [4.69, 9.17) is 18.9 Å². The lowest BCUT2D eigenvalue weighted by molar-refractivity contribution is -0.135. The number of hydrogen-bond acceptors (Lipinski definition) is 5. The van der Waals surface area contributed by atoms with Gasteiger partial charge in [-0.3, -0.25) is 4.79 Å². The molecule has 1 saturated carbocycles. The van der Waals surface area contributed by atoms with Crippen molar-refractivity contribution in [2.24, 2.45) is 0 Å². The monoisotopic (exact) mass is 232 g/mol. The van der Waals surface area contributed by atoms with Crippen LogP contribution in [0.3, 0.4) is 0 Å². The number of Topliss-reactive ketones (excluding diaryl/α,β-unsaturated/α-hetero) is 1. The van der Waals surface area contributed by atoms with Crippen LogP contribution in [0.25, 0.3) is 0 Å². The van der Waals surface area contributed by atoms with Crippen LogP contribution in [-0.4, -0.2) is 58.6 Å². The molecule has 1 aliphatic rings. The first kappa shape index (κ1) is 13.6. The van der Waals surface area contributed by atoms with Crippen LogP contribution in [0.4, 0.5) is 0 Å². The summed E-state index contributed by atoms with van der Waals surface area (Å²) >= 11 is 0. The van der Waals surface area contributed by atoms with E-state index in [2.05, 4.69) is 0 Å². The third kappa shape index (κ3) is 6.17. The van der Waals surface area contributed by atoms with Crippen molar-refractivity contribution in [2.45, 2.75) is 18.9 Å². The fraction of sp³-hybridized carbons (Fsp3) is 0.909. The molecule has 0 aromatic carbocycles. The summed E-state index contributed by atoms with van der Waals surface area (Å²) < 4.78 is 20.7. The Labute approximate surface area is 96.0 Å². The van der Waals surface area contributed by atoms with Gasteiger partial charge in [-0.05, 0) is 0 Å². The van der Waals surface area contributed by atoms with Crippen molar-refractivity contribution in [3.05, 3.63) is 0 Å². The van der Waals surface area contributed by atoms with E-state index in [1.54, 1.807) is 7.11 Å². The highest BCUT2D eigenvalue weighted by molar-refractivity contribution is 5.85. The number of hydrogen-bond donors (Lipinski definition) is 0. The standard InChI is InChI=1S/C11H20O5/c1-13-2-3-14-4-5-15-6-7-16-11-8-10(12)9-11/h11H,2-9H2,1H3. The molecule has 0 radical (unpaired) electrons. The zero-order valence-corrected chi connectivity index (χ0v) is 9.78. The van der Waals surface area contributed by atoms with E-state index in [9.17, 15) is 4.79 Å². The van der Waals surface area contributed by atoms with Crippen LogP contribution in [0, 0.1) is 0 Å². The summed E-state index contributed by atoms with van der Waals surface area (Å²) in [5.41, 5.74) is 0. The van der Waals surface area contributed by atoms with E-state index in [-0.39, 0.29) is 11.9 Å². The smallest absolute Gasteiger partial charge is 0.138 e. The van der Waals surface area contributed by atoms with E-state index >= 15 is 0 Å². The number of rotatable bonds is 10. The summed E-state index contributed by atoms with van der Waals surface area (Å²) in [6.45, 7) is 3.45. The molecule has 5 nitrogen and oxygen atoms in total. The van der Waals surface area contributed by atoms with Gasteiger partial charge >= 0.3 is 0 Å². The molecule has 0 aromatic rings. The van der Waals surface area contributed by atoms with Gasteiger partial charge in [0.2, 0.25) is 0 Å². The van der Waals surface area contributed by atoms with Crippen molar-refractivity contribution < 1.29 is 23.7 Å². The van der Waals surface area contributed by atoms with Crippen LogP contribution < -0.4 is 0 Å². The SMILES string of the molecule is COCCOCCOCCOC1CC(=O)C1. The van der Waals surface area contributed by atoms with Crippen LogP contribution in [0.1, 0.15) is 12.8 Å². The average Bonchev–Trinajstić information content (AvgIpc) is 2.24. The van der Waals surface area contributed by atoms with Gasteiger partial charge in [-0.1, -0.05) is 0 Å². The molecule has 1 aliphatic carbocycles. The minimum atomic E-state index is 0.133. The fourth-order valence-electron chi connectivity index (χ4n) is 1.30. The first-order valence-electron chi connectivity index (χ1n) is 5.60. The van der Waals surface area contributed by atoms with E-state index in [1.807, 2.05) is 0 Å². The minimum absolute atomic E-state index is 0.133. The Balaban J connectivity index is 1.70. The molecule has 0 aromatic heterocycles. The second-order valence-corrected chi connectivity index (χ2v) is 3.66. The lowest BCUT2D eigenvalue weighted by Gasteiger charge is -2.24. The van der Waals surface area contributed by atoms with Gasteiger partial charge in [0.05, 0.1) is 45.7 Å². The van der Waals surface area contributed by atoms with Gasteiger partial charge < -0.3 is 18.9 Å². The van der Waals surface area contributed by atoms with Crippen molar-refractivity contribution in [3.8, 4) is 0 Å². The lowest BCUT2D eigenvalue weighted by Crippen LogP contribution is -2.32. The molecule has 94 valence electrons. The molecule has 0 amide bonds. The normalized spacial score (nSPS) is 16.4. The van der Waals surface area contributed by atoms with Crippen LogP contribution in [0.5, 0.6) is 0 Å². The molecule has 1 rings (SSSR count). The third-order valence-electron chi connectivity index (χ3n) is 2.30. The zero-order chi connectivity index (χ0) is 11.6. The Bertz CT molecular complexity index is 187. The predicted molar refractivity (Wildman–Crippen MR) is 57.5 cm³/mol. The molecule has 0 saturated heterocycles. The third-order valence-corrected chi connectivity index (χ3v) is 2.30. The van der Waals surface area contributed by atoms with E-state index in [0.29, 0.717) is 52.5 Å². The van der Waals surface area contributed by atoms with E-state index in [1.165, 1.54) is 0 Å². The summed E-state index contributed by atoms with van der Waals surface area (Å²) in [7, 11) is 1.64. The molecule has 0 heterocycles. The second kappa shape index (κ2) is 8.64. The van der Waals surface area contributed by atoms with Gasteiger partial charge in [0, 0.05) is 20.0 Å². The van der Waals surface area contributed by atoms with Gasteiger partial charge in [0.15, 0.2) is 0 Å². The van der Waals surface area contributed by atoms with Crippen molar-refractivity contribution >= 4 is 5.78 Å². The predicted octanol–water partition coefficient (Wildman–Crippen LogP) is 0.414. The molecule has 0 unspecified atom stereocenters. The van der Waals surface area contributed by atoms with Crippen LogP contribution >= 0.6 is 0 Å². The van der Waals surface area contributed by atoms with Crippen molar-refractivity contribution in [1.82, 2.24) is 0 Å². The van der Waals surface area contributed by atoms with Crippen LogP contribution in [-0.2, 0) is 23.7 Å².